The number of hydrogen-bond acceptors (Lipinski definition) is 4. The maximum atomic E-state index is 15.0. The molecule has 0 heterocycles. The molecule has 3 aromatic carbocycles. The number of ether oxygens (including phenoxy) is 1. The van der Waals surface area contributed by atoms with Crippen LogP contribution in [0.3, 0.4) is 0 Å². The Balaban J connectivity index is 2.00. The third kappa shape index (κ3) is 7.45. The van der Waals surface area contributed by atoms with Crippen molar-refractivity contribution in [1.82, 2.24) is 4.90 Å². The highest BCUT2D eigenvalue weighted by Gasteiger charge is 2.33. The molecule has 0 fully saturated rings. The second-order valence-corrected chi connectivity index (χ2v) is 11.3. The molecule has 0 saturated carbocycles. The molecular weight excluding hydrogens is 553 g/mol. The lowest BCUT2D eigenvalue weighted by molar-refractivity contribution is 0.111. The van der Waals surface area contributed by atoms with E-state index in [-0.39, 0.29) is 17.9 Å². The van der Waals surface area contributed by atoms with E-state index in [0.29, 0.717) is 22.7 Å². The summed E-state index contributed by atoms with van der Waals surface area (Å²) in [6, 6.07) is 10.4. The van der Waals surface area contributed by atoms with Crippen molar-refractivity contribution < 1.29 is 31.1 Å². The number of rotatable bonds is 11. The summed E-state index contributed by atoms with van der Waals surface area (Å²) < 4.78 is 77.2. The van der Waals surface area contributed by atoms with E-state index in [4.69, 9.17) is 16.3 Å². The maximum Gasteiger partial charge on any atom is 0.409 e. The largest absolute Gasteiger partial charge is 0.449 e. The lowest BCUT2D eigenvalue weighted by Crippen LogP contribution is -2.35. The van der Waals surface area contributed by atoms with E-state index in [1.165, 1.54) is 48.2 Å². The number of halogens is 4. The quantitative estimate of drug-likeness (QED) is 0.241. The number of nitrogens with zero attached hydrogens (tertiary/aromatic N) is 2. The minimum atomic E-state index is -4.46. The van der Waals surface area contributed by atoms with Crippen LogP contribution in [0.15, 0.2) is 65.6 Å². The highest BCUT2D eigenvalue weighted by molar-refractivity contribution is 7.92. The number of carbonyl (C=O) groups excluding carboxylic acids is 1. The van der Waals surface area contributed by atoms with Gasteiger partial charge in [0, 0.05) is 31.1 Å². The molecular formula is C28H30ClF3N2O4S. The predicted molar refractivity (Wildman–Crippen MR) is 145 cm³/mol. The summed E-state index contributed by atoms with van der Waals surface area (Å²) >= 11 is 5.92. The Kier molecular flexibility index (Phi) is 10.3. The van der Waals surface area contributed by atoms with Crippen molar-refractivity contribution in [3.8, 4) is 0 Å². The van der Waals surface area contributed by atoms with Crippen LogP contribution in [0.1, 0.15) is 43.9 Å². The zero-order chi connectivity index (χ0) is 28.7. The molecule has 3 aromatic rings. The second-order valence-electron chi connectivity index (χ2n) is 9.01. The standard InChI is InChI=1S/C28H30ClF3N2O4S/c1-4-5-15-33(3)28(35)38-16-14-20-17-22(30)8-12-25(20)19(2)34(27-18-23(31)9-13-26(27)32)39(36,37)24-10-6-21(29)7-11-24/h6-13,17-19H,4-5,14-16H2,1-3H3/t19-/m1/s1. The molecule has 11 heteroatoms. The highest BCUT2D eigenvalue weighted by Crippen LogP contribution is 2.37. The van der Waals surface area contributed by atoms with Gasteiger partial charge in [-0.3, -0.25) is 4.31 Å². The van der Waals surface area contributed by atoms with Crippen molar-refractivity contribution in [2.45, 2.75) is 44.0 Å². The van der Waals surface area contributed by atoms with Gasteiger partial charge in [-0.2, -0.15) is 0 Å². The van der Waals surface area contributed by atoms with Crippen molar-refractivity contribution in [2.75, 3.05) is 24.5 Å². The number of benzene rings is 3. The van der Waals surface area contributed by atoms with Crippen molar-refractivity contribution in [2.24, 2.45) is 0 Å². The predicted octanol–water partition coefficient (Wildman–Crippen LogP) is 7.12. The van der Waals surface area contributed by atoms with Crippen LogP contribution in [0.5, 0.6) is 0 Å². The number of unbranched alkanes of at least 4 members (excludes halogenated alkanes) is 1. The molecule has 0 spiro atoms. The number of anilines is 1. The molecule has 0 aliphatic carbocycles. The minimum absolute atomic E-state index is 0.0608. The van der Waals surface area contributed by atoms with Gasteiger partial charge in [0.1, 0.15) is 17.5 Å². The molecule has 0 aliphatic rings. The minimum Gasteiger partial charge on any atom is -0.449 e. The van der Waals surface area contributed by atoms with E-state index in [9.17, 15) is 22.0 Å². The summed E-state index contributed by atoms with van der Waals surface area (Å²) in [6.07, 6.45) is 1.24. The van der Waals surface area contributed by atoms with Gasteiger partial charge in [-0.25, -0.2) is 26.4 Å². The van der Waals surface area contributed by atoms with Crippen LogP contribution in [0.2, 0.25) is 5.02 Å². The zero-order valence-electron chi connectivity index (χ0n) is 21.8. The number of carbonyl (C=O) groups is 1. The molecule has 0 bridgehead atoms. The molecule has 0 aliphatic heterocycles. The molecule has 3 rings (SSSR count). The van der Waals surface area contributed by atoms with E-state index >= 15 is 4.39 Å². The summed E-state index contributed by atoms with van der Waals surface area (Å²) in [5.74, 6) is -2.39. The molecule has 210 valence electrons. The Labute approximate surface area is 232 Å². The molecule has 0 unspecified atom stereocenters. The summed E-state index contributed by atoms with van der Waals surface area (Å²) in [6.45, 7) is 3.90. The maximum absolute atomic E-state index is 15.0. The fraction of sp³-hybridized carbons (Fsp3) is 0.321. The Morgan fingerprint density at radius 2 is 1.64 bits per heavy atom. The Morgan fingerprint density at radius 3 is 2.31 bits per heavy atom. The Morgan fingerprint density at radius 1 is 1.00 bits per heavy atom. The highest BCUT2D eigenvalue weighted by atomic mass is 35.5. The molecule has 6 nitrogen and oxygen atoms in total. The summed E-state index contributed by atoms with van der Waals surface area (Å²) in [5.41, 5.74) is 0.157. The first-order valence-corrected chi connectivity index (χ1v) is 14.2. The molecule has 1 atom stereocenters. The van der Waals surface area contributed by atoms with Crippen molar-refractivity contribution in [3.05, 3.63) is 94.3 Å². The molecule has 0 radical (unpaired) electrons. The topological polar surface area (TPSA) is 66.9 Å². The summed E-state index contributed by atoms with van der Waals surface area (Å²) in [5, 5.41) is 0.293. The second kappa shape index (κ2) is 13.2. The lowest BCUT2D eigenvalue weighted by Gasteiger charge is -2.32. The number of amides is 1. The number of sulfonamides is 1. The van der Waals surface area contributed by atoms with Gasteiger partial charge in [0.25, 0.3) is 10.0 Å². The van der Waals surface area contributed by atoms with Gasteiger partial charge >= 0.3 is 6.09 Å². The lowest BCUT2D eigenvalue weighted by atomic mass is 9.98. The third-order valence-electron chi connectivity index (χ3n) is 6.18. The van der Waals surface area contributed by atoms with Crippen LogP contribution in [-0.2, 0) is 21.2 Å². The van der Waals surface area contributed by atoms with Gasteiger partial charge < -0.3 is 9.64 Å². The average molecular weight is 583 g/mol. The van der Waals surface area contributed by atoms with E-state index < -0.39 is 45.3 Å². The monoisotopic (exact) mass is 582 g/mol. The Bertz CT molecular complexity index is 1400. The van der Waals surface area contributed by atoms with Gasteiger partial charge in [-0.1, -0.05) is 31.0 Å². The normalized spacial score (nSPS) is 12.2. The summed E-state index contributed by atoms with van der Waals surface area (Å²) in [4.78, 5) is 13.5. The van der Waals surface area contributed by atoms with E-state index in [1.807, 2.05) is 6.92 Å². The molecule has 0 aromatic heterocycles. The SMILES string of the molecule is CCCCN(C)C(=O)OCCc1cc(F)ccc1[C@@H](C)N(c1cc(F)ccc1F)S(=O)(=O)c1ccc(Cl)cc1. The van der Waals surface area contributed by atoms with E-state index in [1.54, 1.807) is 7.05 Å². The smallest absolute Gasteiger partial charge is 0.409 e. The first-order chi connectivity index (χ1) is 18.4. The molecule has 0 N–H and O–H groups in total. The summed E-state index contributed by atoms with van der Waals surface area (Å²) in [7, 11) is -2.84. The first kappa shape index (κ1) is 30.3. The first-order valence-electron chi connectivity index (χ1n) is 12.4. The molecule has 1 amide bonds. The molecule has 0 saturated heterocycles. The molecule has 39 heavy (non-hydrogen) atoms. The fourth-order valence-electron chi connectivity index (χ4n) is 4.09. The van der Waals surface area contributed by atoms with Crippen LogP contribution in [0.4, 0.5) is 23.7 Å². The van der Waals surface area contributed by atoms with Crippen LogP contribution in [0.25, 0.3) is 0 Å². The van der Waals surface area contributed by atoms with Gasteiger partial charge in [-0.05, 0) is 73.0 Å². The van der Waals surface area contributed by atoms with Crippen LogP contribution in [0, 0.1) is 17.5 Å². The van der Waals surface area contributed by atoms with Gasteiger partial charge in [0.05, 0.1) is 23.2 Å². The van der Waals surface area contributed by atoms with E-state index in [0.717, 1.165) is 41.4 Å². The van der Waals surface area contributed by atoms with Gasteiger partial charge in [0.15, 0.2) is 0 Å². The fourth-order valence-corrected chi connectivity index (χ4v) is 5.85. The van der Waals surface area contributed by atoms with Crippen molar-refractivity contribution in [1.29, 1.82) is 0 Å². The average Bonchev–Trinajstić information content (AvgIpc) is 2.89. The number of hydrogen-bond donors (Lipinski definition) is 0. The van der Waals surface area contributed by atoms with Crippen LogP contribution in [-0.4, -0.2) is 39.6 Å². The van der Waals surface area contributed by atoms with Crippen molar-refractivity contribution in [3.63, 3.8) is 0 Å². The van der Waals surface area contributed by atoms with Gasteiger partial charge in [-0.15, -0.1) is 0 Å². The van der Waals surface area contributed by atoms with Crippen LogP contribution < -0.4 is 4.31 Å². The van der Waals surface area contributed by atoms with Gasteiger partial charge in [0.2, 0.25) is 0 Å². The zero-order valence-corrected chi connectivity index (χ0v) is 23.4. The van der Waals surface area contributed by atoms with Crippen LogP contribution >= 0.6 is 11.6 Å². The van der Waals surface area contributed by atoms with Crippen molar-refractivity contribution >= 4 is 33.4 Å². The third-order valence-corrected chi connectivity index (χ3v) is 8.33. The van der Waals surface area contributed by atoms with E-state index in [2.05, 4.69) is 0 Å². The Hall–Kier alpha value is -3.24.